The number of carbonyl (C=O) groups excluding carboxylic acids is 1. The van der Waals surface area contributed by atoms with Crippen molar-refractivity contribution in [3.8, 4) is 0 Å². The zero-order valence-corrected chi connectivity index (χ0v) is 11.6. The van der Waals surface area contributed by atoms with Gasteiger partial charge in [0.25, 0.3) is 5.91 Å². The van der Waals surface area contributed by atoms with Crippen LogP contribution in [0.25, 0.3) is 0 Å². The molecule has 0 saturated carbocycles. The SMILES string of the molecule is CN(C)CCOCCNC(=O)c1ccnc(C(=O)O)c1. The van der Waals surface area contributed by atoms with Crippen molar-refractivity contribution in [2.24, 2.45) is 0 Å². The Morgan fingerprint density at radius 2 is 2.15 bits per heavy atom. The molecule has 0 atom stereocenters. The topological polar surface area (TPSA) is 91.8 Å². The van der Waals surface area contributed by atoms with Crippen molar-refractivity contribution in [1.29, 1.82) is 0 Å². The van der Waals surface area contributed by atoms with Crippen molar-refractivity contribution in [2.45, 2.75) is 0 Å². The highest BCUT2D eigenvalue weighted by Gasteiger charge is 2.09. The number of aromatic carboxylic acids is 1. The Balaban J connectivity index is 2.32. The Labute approximate surface area is 117 Å². The molecule has 1 heterocycles. The van der Waals surface area contributed by atoms with Gasteiger partial charge in [0.1, 0.15) is 5.69 Å². The van der Waals surface area contributed by atoms with Gasteiger partial charge in [-0.05, 0) is 26.2 Å². The lowest BCUT2D eigenvalue weighted by Crippen LogP contribution is -2.28. The van der Waals surface area contributed by atoms with Crippen LogP contribution in [0.3, 0.4) is 0 Å². The van der Waals surface area contributed by atoms with Gasteiger partial charge in [-0.3, -0.25) is 4.79 Å². The average Bonchev–Trinajstić information content (AvgIpc) is 2.42. The maximum atomic E-state index is 11.8. The van der Waals surface area contributed by atoms with Crippen molar-refractivity contribution >= 4 is 11.9 Å². The van der Waals surface area contributed by atoms with Gasteiger partial charge in [0.05, 0.1) is 13.2 Å². The summed E-state index contributed by atoms with van der Waals surface area (Å²) in [6.45, 7) is 2.20. The molecule has 0 fully saturated rings. The quantitative estimate of drug-likeness (QED) is 0.656. The van der Waals surface area contributed by atoms with Crippen LogP contribution in [0.4, 0.5) is 0 Å². The first-order valence-corrected chi connectivity index (χ1v) is 6.20. The van der Waals surface area contributed by atoms with Crippen LogP contribution in [-0.4, -0.2) is 67.3 Å². The normalized spacial score (nSPS) is 10.6. The highest BCUT2D eigenvalue weighted by Crippen LogP contribution is 2.01. The van der Waals surface area contributed by atoms with Gasteiger partial charge in [-0.25, -0.2) is 9.78 Å². The van der Waals surface area contributed by atoms with E-state index in [0.29, 0.717) is 19.8 Å². The number of nitrogens with one attached hydrogen (secondary N) is 1. The zero-order valence-electron chi connectivity index (χ0n) is 11.6. The number of pyridine rings is 1. The number of ether oxygens (including phenoxy) is 1. The van der Waals surface area contributed by atoms with Gasteiger partial charge < -0.3 is 20.1 Å². The highest BCUT2D eigenvalue weighted by atomic mass is 16.5. The van der Waals surface area contributed by atoms with E-state index >= 15 is 0 Å². The van der Waals surface area contributed by atoms with Gasteiger partial charge in [-0.15, -0.1) is 0 Å². The summed E-state index contributed by atoms with van der Waals surface area (Å²) in [5, 5.41) is 11.4. The van der Waals surface area contributed by atoms with Crippen LogP contribution in [0.2, 0.25) is 0 Å². The second-order valence-corrected chi connectivity index (χ2v) is 4.41. The van der Waals surface area contributed by atoms with Crippen LogP contribution in [0, 0.1) is 0 Å². The molecule has 110 valence electrons. The third-order valence-corrected chi connectivity index (χ3v) is 2.46. The third-order valence-electron chi connectivity index (χ3n) is 2.46. The molecule has 1 amide bonds. The molecule has 1 rings (SSSR count). The number of amides is 1. The zero-order chi connectivity index (χ0) is 15.0. The predicted molar refractivity (Wildman–Crippen MR) is 72.9 cm³/mol. The first-order chi connectivity index (χ1) is 9.50. The minimum absolute atomic E-state index is 0.153. The number of hydrogen-bond donors (Lipinski definition) is 2. The van der Waals surface area contributed by atoms with Crippen molar-refractivity contribution in [3.63, 3.8) is 0 Å². The lowest BCUT2D eigenvalue weighted by atomic mass is 10.2. The molecule has 1 aromatic heterocycles. The molecule has 0 aromatic carbocycles. The Morgan fingerprint density at radius 3 is 2.80 bits per heavy atom. The third kappa shape index (κ3) is 5.77. The van der Waals surface area contributed by atoms with Crippen LogP contribution >= 0.6 is 0 Å². The van der Waals surface area contributed by atoms with Crippen LogP contribution in [0.5, 0.6) is 0 Å². The number of carboxylic acid groups (broad SMARTS) is 1. The highest BCUT2D eigenvalue weighted by molar-refractivity contribution is 5.96. The molecule has 0 unspecified atom stereocenters. The largest absolute Gasteiger partial charge is 0.477 e. The smallest absolute Gasteiger partial charge is 0.354 e. The minimum atomic E-state index is -1.16. The monoisotopic (exact) mass is 281 g/mol. The van der Waals surface area contributed by atoms with E-state index in [1.165, 1.54) is 18.3 Å². The fourth-order valence-electron chi connectivity index (χ4n) is 1.38. The van der Waals surface area contributed by atoms with Gasteiger partial charge in [0.15, 0.2) is 0 Å². The number of likely N-dealkylation sites (N-methyl/N-ethyl adjacent to an activating group) is 1. The van der Waals surface area contributed by atoms with Gasteiger partial charge in [0.2, 0.25) is 0 Å². The van der Waals surface area contributed by atoms with E-state index in [2.05, 4.69) is 10.3 Å². The van der Waals surface area contributed by atoms with Crippen molar-refractivity contribution < 1.29 is 19.4 Å². The number of hydrogen-bond acceptors (Lipinski definition) is 5. The molecule has 0 saturated heterocycles. The van der Waals surface area contributed by atoms with Crippen molar-refractivity contribution in [2.75, 3.05) is 40.4 Å². The molecule has 0 aliphatic rings. The molecule has 7 heteroatoms. The number of rotatable bonds is 8. The summed E-state index contributed by atoms with van der Waals surface area (Å²) >= 11 is 0. The second-order valence-electron chi connectivity index (χ2n) is 4.41. The van der Waals surface area contributed by atoms with Crippen LogP contribution in [0.1, 0.15) is 20.8 Å². The van der Waals surface area contributed by atoms with E-state index in [0.717, 1.165) is 6.54 Å². The summed E-state index contributed by atoms with van der Waals surface area (Å²) in [6.07, 6.45) is 1.30. The van der Waals surface area contributed by atoms with E-state index in [1.807, 2.05) is 19.0 Å². The molecule has 2 N–H and O–H groups in total. The van der Waals surface area contributed by atoms with Gasteiger partial charge in [-0.2, -0.15) is 0 Å². The standard InChI is InChI=1S/C13H19N3O4/c1-16(2)6-8-20-7-5-15-12(17)10-3-4-14-11(9-10)13(18)19/h3-4,9H,5-8H2,1-2H3,(H,15,17)(H,18,19). The predicted octanol–water partition coefficient (Wildman–Crippen LogP) is 0.0878. The lowest BCUT2D eigenvalue weighted by molar-refractivity contribution is 0.0690. The van der Waals surface area contributed by atoms with E-state index < -0.39 is 5.97 Å². The van der Waals surface area contributed by atoms with Gasteiger partial charge in [-0.1, -0.05) is 0 Å². The van der Waals surface area contributed by atoms with Crippen LogP contribution < -0.4 is 5.32 Å². The average molecular weight is 281 g/mol. The minimum Gasteiger partial charge on any atom is -0.477 e. The Bertz CT molecular complexity index is 463. The molecule has 0 aliphatic heterocycles. The molecule has 0 aliphatic carbocycles. The molecular formula is C13H19N3O4. The number of carbonyl (C=O) groups is 2. The summed E-state index contributed by atoms with van der Waals surface area (Å²) in [4.78, 5) is 28.2. The molecule has 0 bridgehead atoms. The fraction of sp³-hybridized carbons (Fsp3) is 0.462. The molecule has 20 heavy (non-hydrogen) atoms. The van der Waals surface area contributed by atoms with E-state index in [4.69, 9.17) is 9.84 Å². The summed E-state index contributed by atoms with van der Waals surface area (Å²) in [5.41, 5.74) is 0.116. The summed E-state index contributed by atoms with van der Waals surface area (Å²) in [6, 6.07) is 2.71. The van der Waals surface area contributed by atoms with Crippen molar-refractivity contribution in [1.82, 2.24) is 15.2 Å². The molecular weight excluding hydrogens is 262 g/mol. The fourth-order valence-corrected chi connectivity index (χ4v) is 1.38. The second kappa shape index (κ2) is 8.23. The molecule has 0 spiro atoms. The number of carboxylic acids is 1. The number of nitrogens with zero attached hydrogens (tertiary/aromatic N) is 2. The van der Waals surface area contributed by atoms with E-state index in [-0.39, 0.29) is 17.2 Å². The number of aromatic nitrogens is 1. The molecule has 1 aromatic rings. The maximum Gasteiger partial charge on any atom is 0.354 e. The molecule has 7 nitrogen and oxygen atoms in total. The Morgan fingerprint density at radius 1 is 1.40 bits per heavy atom. The van der Waals surface area contributed by atoms with E-state index in [1.54, 1.807) is 0 Å². The summed E-state index contributed by atoms with van der Waals surface area (Å²) in [5.74, 6) is -1.50. The summed E-state index contributed by atoms with van der Waals surface area (Å²) in [7, 11) is 3.91. The first kappa shape index (κ1) is 16.1. The van der Waals surface area contributed by atoms with Crippen LogP contribution in [-0.2, 0) is 4.74 Å². The van der Waals surface area contributed by atoms with Crippen LogP contribution in [0.15, 0.2) is 18.3 Å². The van der Waals surface area contributed by atoms with E-state index in [9.17, 15) is 9.59 Å². The lowest BCUT2D eigenvalue weighted by Gasteiger charge is -2.10. The summed E-state index contributed by atoms with van der Waals surface area (Å²) < 4.78 is 5.33. The Hall–Kier alpha value is -1.99. The van der Waals surface area contributed by atoms with Crippen molar-refractivity contribution in [3.05, 3.63) is 29.6 Å². The Kier molecular flexibility index (Phi) is 6.61. The molecule has 0 radical (unpaired) electrons. The maximum absolute atomic E-state index is 11.8. The van der Waals surface area contributed by atoms with Gasteiger partial charge >= 0.3 is 5.97 Å². The van der Waals surface area contributed by atoms with Gasteiger partial charge in [0, 0.05) is 24.8 Å². The first-order valence-electron chi connectivity index (χ1n) is 6.20.